The Morgan fingerprint density at radius 3 is 2.77 bits per heavy atom. The number of hydrogen-bond acceptors (Lipinski definition) is 7. The van der Waals surface area contributed by atoms with Crippen molar-refractivity contribution in [1.29, 1.82) is 0 Å². The Balaban J connectivity index is 1.47. The highest BCUT2D eigenvalue weighted by molar-refractivity contribution is 9.10. The number of aromatic nitrogens is 4. The lowest BCUT2D eigenvalue weighted by molar-refractivity contribution is -0.118. The third kappa shape index (κ3) is 6.82. The van der Waals surface area contributed by atoms with Gasteiger partial charge in [0.25, 0.3) is 5.91 Å². The van der Waals surface area contributed by atoms with Gasteiger partial charge in [-0.3, -0.25) is 4.79 Å². The third-order valence-corrected chi connectivity index (χ3v) is 5.63. The van der Waals surface area contributed by atoms with E-state index in [0.29, 0.717) is 12.3 Å². The van der Waals surface area contributed by atoms with Gasteiger partial charge in [0.1, 0.15) is 5.75 Å². The number of nitrogens with one attached hydrogen (secondary N) is 2. The normalized spacial score (nSPS) is 10.8. The molecule has 0 fully saturated rings. The first kappa shape index (κ1) is 22.3. The van der Waals surface area contributed by atoms with E-state index in [1.165, 1.54) is 0 Å². The van der Waals surface area contributed by atoms with Gasteiger partial charge in [-0.25, -0.2) is 4.68 Å². The second-order valence-electron chi connectivity index (χ2n) is 6.57. The Bertz CT molecular complexity index is 980. The van der Waals surface area contributed by atoms with Crippen LogP contribution in [0.2, 0.25) is 0 Å². The van der Waals surface area contributed by atoms with E-state index in [1.54, 1.807) is 16.4 Å². The topological polar surface area (TPSA) is 94.0 Å². The maximum atomic E-state index is 12.2. The molecule has 10 heteroatoms. The molecule has 0 bridgehead atoms. The molecule has 0 saturated carbocycles. The minimum atomic E-state index is -0.200. The lowest BCUT2D eigenvalue weighted by atomic mass is 10.2. The number of benzene rings is 2. The zero-order valence-corrected chi connectivity index (χ0v) is 19.2. The molecule has 0 radical (unpaired) electrons. The molecule has 0 spiro atoms. The fourth-order valence-corrected chi connectivity index (χ4v) is 3.74. The number of rotatable bonds is 10. The molecule has 1 heterocycles. The quantitative estimate of drug-likeness (QED) is 0.332. The highest BCUT2D eigenvalue weighted by atomic mass is 79.9. The third-order valence-electron chi connectivity index (χ3n) is 4.12. The van der Waals surface area contributed by atoms with Crippen LogP contribution >= 0.6 is 27.7 Å². The molecule has 0 aliphatic rings. The van der Waals surface area contributed by atoms with E-state index in [2.05, 4.69) is 42.1 Å². The SMILES string of the molecule is Cc1ccc(NC(=O)COc2ccc(Br)cc2CNCCSc2nnnn2C)cc1. The molecule has 8 nitrogen and oxygen atoms in total. The number of nitrogens with zero attached hydrogens (tertiary/aromatic N) is 4. The van der Waals surface area contributed by atoms with Gasteiger partial charge in [0.15, 0.2) is 6.61 Å². The minimum Gasteiger partial charge on any atom is -0.483 e. The lowest BCUT2D eigenvalue weighted by Crippen LogP contribution is -2.21. The standard InChI is InChI=1S/C20H23BrN6O2S/c1-14-3-6-17(7-4-14)23-19(28)13-29-18-8-5-16(21)11-15(18)12-22-9-10-30-20-24-25-26-27(20)2/h3-8,11,22H,9-10,12-13H2,1-2H3,(H,23,28). The van der Waals surface area contributed by atoms with Crippen LogP contribution in [0.4, 0.5) is 5.69 Å². The van der Waals surface area contributed by atoms with Gasteiger partial charge in [-0.1, -0.05) is 45.4 Å². The van der Waals surface area contributed by atoms with Crippen molar-refractivity contribution in [3.05, 3.63) is 58.1 Å². The van der Waals surface area contributed by atoms with Crippen molar-refractivity contribution in [3.8, 4) is 5.75 Å². The maximum Gasteiger partial charge on any atom is 0.262 e. The van der Waals surface area contributed by atoms with Crippen molar-refractivity contribution in [2.45, 2.75) is 18.6 Å². The van der Waals surface area contributed by atoms with Gasteiger partial charge < -0.3 is 15.4 Å². The molecule has 1 amide bonds. The predicted octanol–water partition coefficient (Wildman–Crippen LogP) is 3.18. The monoisotopic (exact) mass is 490 g/mol. The molecule has 30 heavy (non-hydrogen) atoms. The molecule has 0 aliphatic carbocycles. The van der Waals surface area contributed by atoms with Crippen molar-refractivity contribution in [1.82, 2.24) is 25.5 Å². The van der Waals surface area contributed by atoms with Gasteiger partial charge in [-0.05, 0) is 47.7 Å². The molecule has 0 aliphatic heterocycles. The average molecular weight is 491 g/mol. The van der Waals surface area contributed by atoms with Gasteiger partial charge in [0, 0.05) is 41.6 Å². The summed E-state index contributed by atoms with van der Waals surface area (Å²) in [6, 6.07) is 13.4. The lowest BCUT2D eigenvalue weighted by Gasteiger charge is -2.13. The second-order valence-corrected chi connectivity index (χ2v) is 8.54. The average Bonchev–Trinajstić information content (AvgIpc) is 3.13. The fourth-order valence-electron chi connectivity index (χ4n) is 2.59. The first-order valence-electron chi connectivity index (χ1n) is 9.35. The number of carbonyl (C=O) groups is 1. The molecule has 158 valence electrons. The highest BCUT2D eigenvalue weighted by Gasteiger charge is 2.09. The summed E-state index contributed by atoms with van der Waals surface area (Å²) < 4.78 is 8.37. The van der Waals surface area contributed by atoms with Gasteiger partial charge in [0.05, 0.1) is 0 Å². The number of tetrazole rings is 1. The van der Waals surface area contributed by atoms with E-state index >= 15 is 0 Å². The largest absolute Gasteiger partial charge is 0.483 e. The van der Waals surface area contributed by atoms with E-state index in [1.807, 2.05) is 56.4 Å². The Labute approximate surface area is 187 Å². The van der Waals surface area contributed by atoms with Crippen LogP contribution in [0.1, 0.15) is 11.1 Å². The number of halogens is 1. The van der Waals surface area contributed by atoms with E-state index in [0.717, 1.165) is 38.7 Å². The number of amides is 1. The van der Waals surface area contributed by atoms with Gasteiger partial charge in [0.2, 0.25) is 5.16 Å². The van der Waals surface area contributed by atoms with Gasteiger partial charge in [-0.2, -0.15) is 0 Å². The number of hydrogen-bond donors (Lipinski definition) is 2. The van der Waals surface area contributed by atoms with Crippen molar-refractivity contribution in [2.75, 3.05) is 24.2 Å². The molecule has 0 atom stereocenters. The van der Waals surface area contributed by atoms with Gasteiger partial charge in [-0.15, -0.1) is 5.10 Å². The molecule has 0 unspecified atom stereocenters. The Morgan fingerprint density at radius 2 is 2.03 bits per heavy atom. The van der Waals surface area contributed by atoms with Crippen molar-refractivity contribution < 1.29 is 9.53 Å². The number of ether oxygens (including phenoxy) is 1. The number of anilines is 1. The summed E-state index contributed by atoms with van der Waals surface area (Å²) in [5.74, 6) is 1.31. The maximum absolute atomic E-state index is 12.2. The fraction of sp³-hybridized carbons (Fsp3) is 0.300. The molecular weight excluding hydrogens is 468 g/mol. The summed E-state index contributed by atoms with van der Waals surface area (Å²) in [6.07, 6.45) is 0. The molecular formula is C20H23BrN6O2S. The van der Waals surface area contributed by atoms with Crippen LogP contribution in [-0.4, -0.2) is 45.0 Å². The summed E-state index contributed by atoms with van der Waals surface area (Å²) in [4.78, 5) is 12.2. The van der Waals surface area contributed by atoms with Crippen LogP contribution < -0.4 is 15.4 Å². The van der Waals surface area contributed by atoms with Crippen LogP contribution in [0.25, 0.3) is 0 Å². The van der Waals surface area contributed by atoms with Crippen LogP contribution in [0.15, 0.2) is 52.1 Å². The molecule has 0 saturated heterocycles. The van der Waals surface area contributed by atoms with Crippen molar-refractivity contribution in [2.24, 2.45) is 7.05 Å². The summed E-state index contributed by atoms with van der Waals surface area (Å²) in [5, 5.41) is 18.4. The first-order valence-corrected chi connectivity index (χ1v) is 11.1. The zero-order valence-electron chi connectivity index (χ0n) is 16.8. The van der Waals surface area contributed by atoms with E-state index in [-0.39, 0.29) is 12.5 Å². The van der Waals surface area contributed by atoms with E-state index in [9.17, 15) is 4.79 Å². The molecule has 2 aromatic carbocycles. The Hall–Kier alpha value is -2.43. The van der Waals surface area contributed by atoms with Crippen LogP contribution in [0, 0.1) is 6.92 Å². The van der Waals surface area contributed by atoms with Crippen LogP contribution in [0.3, 0.4) is 0 Å². The van der Waals surface area contributed by atoms with Crippen LogP contribution in [0.5, 0.6) is 5.75 Å². The predicted molar refractivity (Wildman–Crippen MR) is 121 cm³/mol. The summed E-state index contributed by atoms with van der Waals surface area (Å²) in [5.41, 5.74) is 2.86. The molecule has 1 aromatic heterocycles. The summed E-state index contributed by atoms with van der Waals surface area (Å²) in [6.45, 7) is 3.34. The first-order chi connectivity index (χ1) is 14.5. The minimum absolute atomic E-state index is 0.0580. The summed E-state index contributed by atoms with van der Waals surface area (Å²) >= 11 is 5.07. The van der Waals surface area contributed by atoms with Crippen molar-refractivity contribution in [3.63, 3.8) is 0 Å². The summed E-state index contributed by atoms with van der Waals surface area (Å²) in [7, 11) is 1.82. The van der Waals surface area contributed by atoms with Crippen LogP contribution in [-0.2, 0) is 18.4 Å². The van der Waals surface area contributed by atoms with Gasteiger partial charge >= 0.3 is 0 Å². The Morgan fingerprint density at radius 1 is 1.23 bits per heavy atom. The molecule has 3 rings (SSSR count). The number of carbonyl (C=O) groups excluding carboxylic acids is 1. The number of aryl methyl sites for hydroxylation is 2. The number of thioether (sulfide) groups is 1. The second kappa shape index (κ2) is 11.1. The highest BCUT2D eigenvalue weighted by Crippen LogP contribution is 2.23. The van der Waals surface area contributed by atoms with E-state index in [4.69, 9.17) is 4.74 Å². The smallest absolute Gasteiger partial charge is 0.262 e. The van der Waals surface area contributed by atoms with E-state index < -0.39 is 0 Å². The Kier molecular flexibility index (Phi) is 8.23. The van der Waals surface area contributed by atoms with Crippen molar-refractivity contribution >= 4 is 39.3 Å². The molecule has 3 aromatic rings. The molecule has 2 N–H and O–H groups in total. The zero-order chi connectivity index (χ0) is 21.3.